The summed E-state index contributed by atoms with van der Waals surface area (Å²) in [5.41, 5.74) is 1.91. The minimum Gasteiger partial charge on any atom is -0.457 e. The summed E-state index contributed by atoms with van der Waals surface area (Å²) in [6, 6.07) is 20.9. The molecule has 2 aromatic heterocycles. The van der Waals surface area contributed by atoms with Crippen LogP contribution in [-0.2, 0) is 16.1 Å². The van der Waals surface area contributed by atoms with Crippen LogP contribution in [0.4, 0.5) is 0 Å². The first-order chi connectivity index (χ1) is 14.6. The topological polar surface area (TPSA) is 84.2 Å². The highest BCUT2D eigenvalue weighted by molar-refractivity contribution is 7.21. The lowest BCUT2D eigenvalue weighted by Gasteiger charge is -2.09. The predicted molar refractivity (Wildman–Crippen MR) is 117 cm³/mol. The summed E-state index contributed by atoms with van der Waals surface area (Å²) in [6.07, 6.45) is 1.63. The molecule has 2 amide bonds. The Hall–Kier alpha value is -3.71. The van der Waals surface area contributed by atoms with Gasteiger partial charge in [0, 0.05) is 6.92 Å². The molecule has 2 N–H and O–H groups in total. The number of thiazole rings is 1. The zero-order valence-corrected chi connectivity index (χ0v) is 17.0. The summed E-state index contributed by atoms with van der Waals surface area (Å²) in [7, 11) is 0. The number of fused-ring (bicyclic) bond motifs is 1. The summed E-state index contributed by atoms with van der Waals surface area (Å²) in [5.74, 6) is 0.539. The van der Waals surface area contributed by atoms with Gasteiger partial charge in [-0.2, -0.15) is 0 Å². The number of amides is 2. The van der Waals surface area contributed by atoms with Gasteiger partial charge in [-0.05, 0) is 35.9 Å². The molecule has 0 saturated carbocycles. The average Bonchev–Trinajstić information content (AvgIpc) is 3.38. The smallest absolute Gasteiger partial charge is 0.268 e. The van der Waals surface area contributed by atoms with Gasteiger partial charge in [-0.15, -0.1) is 11.3 Å². The first-order valence-corrected chi connectivity index (χ1v) is 10.2. The van der Waals surface area contributed by atoms with Crippen molar-refractivity contribution in [2.45, 2.75) is 13.5 Å². The Morgan fingerprint density at radius 1 is 1.03 bits per heavy atom. The molecule has 6 nitrogen and oxygen atoms in total. The molecule has 0 unspecified atom stereocenters. The number of hydrogen-bond donors (Lipinski definition) is 2. The molecule has 0 aliphatic rings. The average molecular weight is 417 g/mol. The Kier molecular flexibility index (Phi) is 5.72. The molecule has 0 atom stereocenters. The Bertz CT molecular complexity index is 1190. The van der Waals surface area contributed by atoms with Gasteiger partial charge in [-0.25, -0.2) is 4.98 Å². The molecule has 2 aromatic carbocycles. The van der Waals surface area contributed by atoms with E-state index in [9.17, 15) is 9.59 Å². The number of nitrogens with one attached hydrogen (secondary N) is 2. The van der Waals surface area contributed by atoms with Crippen molar-refractivity contribution in [3.8, 4) is 10.8 Å². The summed E-state index contributed by atoms with van der Waals surface area (Å²) >= 11 is 1.55. The lowest BCUT2D eigenvalue weighted by Crippen LogP contribution is -2.33. The lowest BCUT2D eigenvalue weighted by molar-refractivity contribution is -0.122. The van der Waals surface area contributed by atoms with E-state index < -0.39 is 5.91 Å². The second-order valence-electron chi connectivity index (χ2n) is 6.59. The highest BCUT2D eigenvalue weighted by Crippen LogP contribution is 2.31. The van der Waals surface area contributed by atoms with Crippen LogP contribution in [0.5, 0.6) is 0 Å². The highest BCUT2D eigenvalue weighted by Gasteiger charge is 2.14. The molecular weight excluding hydrogens is 398 g/mol. The van der Waals surface area contributed by atoms with Crippen molar-refractivity contribution < 1.29 is 14.0 Å². The van der Waals surface area contributed by atoms with Crippen LogP contribution < -0.4 is 10.6 Å². The Morgan fingerprint density at radius 3 is 2.57 bits per heavy atom. The number of benzene rings is 2. The van der Waals surface area contributed by atoms with Gasteiger partial charge in [0.25, 0.3) is 5.91 Å². The number of furan rings is 1. The van der Waals surface area contributed by atoms with E-state index in [1.54, 1.807) is 23.5 Å². The molecule has 0 saturated heterocycles. The van der Waals surface area contributed by atoms with Crippen molar-refractivity contribution in [1.29, 1.82) is 0 Å². The molecule has 2 heterocycles. The van der Waals surface area contributed by atoms with Crippen LogP contribution in [0.15, 0.2) is 76.8 Å². The van der Waals surface area contributed by atoms with Crippen molar-refractivity contribution >= 4 is 39.4 Å². The minimum absolute atomic E-state index is 0.173. The molecule has 0 bridgehead atoms. The second kappa shape index (κ2) is 8.75. The van der Waals surface area contributed by atoms with E-state index in [-0.39, 0.29) is 18.1 Å². The SMILES string of the molecule is CC(=O)N/C(=C\c1ccccc1)C(=O)NCc1ccc(-c2nc3ccccc3s2)o1. The molecule has 150 valence electrons. The Morgan fingerprint density at radius 2 is 1.80 bits per heavy atom. The summed E-state index contributed by atoms with van der Waals surface area (Å²) < 4.78 is 6.94. The Labute approximate surface area is 177 Å². The number of rotatable bonds is 6. The monoisotopic (exact) mass is 417 g/mol. The van der Waals surface area contributed by atoms with Crippen molar-refractivity contribution in [3.05, 3.63) is 83.8 Å². The molecular formula is C23H19N3O3S. The molecule has 30 heavy (non-hydrogen) atoms. The minimum atomic E-state index is -0.396. The highest BCUT2D eigenvalue weighted by atomic mass is 32.1. The van der Waals surface area contributed by atoms with Crippen molar-refractivity contribution in [2.75, 3.05) is 0 Å². The number of aromatic nitrogens is 1. The van der Waals surface area contributed by atoms with Gasteiger partial charge in [-0.3, -0.25) is 9.59 Å². The van der Waals surface area contributed by atoms with Gasteiger partial charge in [0.15, 0.2) is 10.8 Å². The summed E-state index contributed by atoms with van der Waals surface area (Å²) in [4.78, 5) is 28.7. The summed E-state index contributed by atoms with van der Waals surface area (Å²) in [6.45, 7) is 1.55. The van der Waals surface area contributed by atoms with Gasteiger partial charge >= 0.3 is 0 Å². The van der Waals surface area contributed by atoms with Crippen LogP contribution in [0, 0.1) is 0 Å². The first-order valence-electron chi connectivity index (χ1n) is 9.36. The fraction of sp³-hybridized carbons (Fsp3) is 0.0870. The van der Waals surface area contributed by atoms with E-state index >= 15 is 0 Å². The van der Waals surface area contributed by atoms with Gasteiger partial charge in [-0.1, -0.05) is 42.5 Å². The zero-order valence-electron chi connectivity index (χ0n) is 16.2. The van der Waals surface area contributed by atoms with Crippen molar-refractivity contribution in [1.82, 2.24) is 15.6 Å². The van der Waals surface area contributed by atoms with Crippen LogP contribution in [0.2, 0.25) is 0 Å². The van der Waals surface area contributed by atoms with Crippen LogP contribution >= 0.6 is 11.3 Å². The van der Waals surface area contributed by atoms with Crippen LogP contribution in [0.1, 0.15) is 18.2 Å². The van der Waals surface area contributed by atoms with Gasteiger partial charge in [0.2, 0.25) is 5.91 Å². The number of hydrogen-bond acceptors (Lipinski definition) is 5. The maximum absolute atomic E-state index is 12.6. The van der Waals surface area contributed by atoms with Crippen molar-refractivity contribution in [2.24, 2.45) is 0 Å². The fourth-order valence-electron chi connectivity index (χ4n) is 2.89. The molecule has 0 aliphatic heterocycles. The number of carbonyl (C=O) groups is 2. The van der Waals surface area contributed by atoms with E-state index in [4.69, 9.17) is 4.42 Å². The largest absolute Gasteiger partial charge is 0.457 e. The normalized spacial score (nSPS) is 11.4. The van der Waals surface area contributed by atoms with Gasteiger partial charge in [0.05, 0.1) is 16.8 Å². The quantitative estimate of drug-likeness (QED) is 0.457. The Balaban J connectivity index is 1.46. The lowest BCUT2D eigenvalue weighted by atomic mass is 10.2. The molecule has 7 heteroatoms. The van der Waals surface area contributed by atoms with Gasteiger partial charge < -0.3 is 15.1 Å². The first kappa shape index (κ1) is 19.6. The number of nitrogens with zero attached hydrogens (tertiary/aromatic N) is 1. The number of para-hydroxylation sites is 1. The van der Waals surface area contributed by atoms with Crippen LogP contribution in [0.3, 0.4) is 0 Å². The van der Waals surface area contributed by atoms with Gasteiger partial charge in [0.1, 0.15) is 11.5 Å². The maximum atomic E-state index is 12.6. The van der Waals surface area contributed by atoms with E-state index in [1.807, 2.05) is 60.7 Å². The molecule has 4 rings (SSSR count). The third kappa shape index (κ3) is 4.64. The van der Waals surface area contributed by atoms with E-state index in [0.717, 1.165) is 20.8 Å². The van der Waals surface area contributed by atoms with E-state index in [1.165, 1.54) is 6.92 Å². The third-order valence-corrected chi connectivity index (χ3v) is 5.31. The maximum Gasteiger partial charge on any atom is 0.268 e. The van der Waals surface area contributed by atoms with Crippen LogP contribution in [-0.4, -0.2) is 16.8 Å². The zero-order chi connectivity index (χ0) is 20.9. The standard InChI is InChI=1S/C23H19N3O3S/c1-15(27)25-19(13-16-7-3-2-4-8-16)22(28)24-14-17-11-12-20(29-17)23-26-18-9-5-6-10-21(18)30-23/h2-13H,14H2,1H3,(H,24,28)(H,25,27)/b19-13-. The molecule has 0 spiro atoms. The van der Waals surface area contributed by atoms with Crippen LogP contribution in [0.25, 0.3) is 27.1 Å². The second-order valence-corrected chi connectivity index (χ2v) is 7.62. The van der Waals surface area contributed by atoms with E-state index in [2.05, 4.69) is 15.6 Å². The molecule has 0 radical (unpaired) electrons. The van der Waals surface area contributed by atoms with Crippen molar-refractivity contribution in [3.63, 3.8) is 0 Å². The number of carbonyl (C=O) groups excluding carboxylic acids is 2. The predicted octanol–water partition coefficient (Wildman–Crippen LogP) is 4.35. The molecule has 0 fully saturated rings. The molecule has 4 aromatic rings. The summed E-state index contributed by atoms with van der Waals surface area (Å²) in [5, 5.41) is 6.15. The third-order valence-electron chi connectivity index (χ3n) is 4.26. The molecule has 0 aliphatic carbocycles. The van der Waals surface area contributed by atoms with E-state index in [0.29, 0.717) is 11.5 Å². The fourth-order valence-corrected chi connectivity index (χ4v) is 3.82.